The molecule has 3 N–H and O–H groups in total. The van der Waals surface area contributed by atoms with E-state index in [9.17, 15) is 14.3 Å². The predicted octanol–water partition coefficient (Wildman–Crippen LogP) is 3.88. The molecule has 0 saturated carbocycles. The topological polar surface area (TPSA) is 117 Å². The van der Waals surface area contributed by atoms with E-state index in [1.807, 2.05) is 0 Å². The molecule has 2 atom stereocenters. The Kier molecular flexibility index (Phi) is 5.28. The lowest BCUT2D eigenvalue weighted by Gasteiger charge is -2.20. The number of aliphatic carboxylic acids is 1. The zero-order valence-corrected chi connectivity index (χ0v) is 16.6. The summed E-state index contributed by atoms with van der Waals surface area (Å²) >= 11 is 0. The van der Waals surface area contributed by atoms with Crippen LogP contribution in [0.15, 0.2) is 43.0 Å². The van der Waals surface area contributed by atoms with Gasteiger partial charge in [0.25, 0.3) is 0 Å². The van der Waals surface area contributed by atoms with E-state index in [0.717, 1.165) is 6.20 Å². The molecule has 158 valence electrons. The van der Waals surface area contributed by atoms with Crippen LogP contribution in [0.3, 0.4) is 0 Å². The van der Waals surface area contributed by atoms with Crippen molar-refractivity contribution in [3.63, 3.8) is 0 Å². The second kappa shape index (κ2) is 8.05. The molecule has 0 amide bonds. The Balaban J connectivity index is 1.89. The number of nitrogens with zero attached hydrogens (tertiary/aromatic N) is 4. The highest BCUT2D eigenvalue weighted by molar-refractivity contribution is 5.92. The molecule has 0 spiro atoms. The molecule has 0 fully saturated rings. The third-order valence-corrected chi connectivity index (χ3v) is 5.05. The summed E-state index contributed by atoms with van der Waals surface area (Å²) in [6, 6.07) is 3.86. The molecule has 0 aromatic carbocycles. The number of aromatic amines is 1. The van der Waals surface area contributed by atoms with Crippen LogP contribution in [0.4, 0.5) is 14.6 Å². The molecule has 0 radical (unpaired) electrons. The van der Waals surface area contributed by atoms with Crippen LogP contribution in [0, 0.1) is 17.6 Å². The first-order chi connectivity index (χ1) is 14.8. The van der Waals surface area contributed by atoms with Crippen LogP contribution < -0.4 is 5.32 Å². The largest absolute Gasteiger partial charge is 0.481 e. The summed E-state index contributed by atoms with van der Waals surface area (Å²) in [5.74, 6) is -3.12. The fourth-order valence-corrected chi connectivity index (χ4v) is 3.08. The van der Waals surface area contributed by atoms with Crippen LogP contribution in [0.5, 0.6) is 0 Å². The maximum atomic E-state index is 15.3. The molecular formula is C21H18F2N6O2. The fourth-order valence-electron chi connectivity index (χ4n) is 3.08. The molecule has 10 heteroatoms. The van der Waals surface area contributed by atoms with Gasteiger partial charge in [-0.25, -0.2) is 23.7 Å². The van der Waals surface area contributed by atoms with Gasteiger partial charge >= 0.3 is 5.97 Å². The summed E-state index contributed by atoms with van der Waals surface area (Å²) in [6.45, 7) is 3.13. The molecule has 4 heterocycles. The van der Waals surface area contributed by atoms with Gasteiger partial charge in [-0.05, 0) is 32.0 Å². The van der Waals surface area contributed by atoms with Gasteiger partial charge in [-0.1, -0.05) is 0 Å². The number of pyridine rings is 2. The molecule has 4 aromatic heterocycles. The van der Waals surface area contributed by atoms with Crippen LogP contribution in [0.1, 0.15) is 13.8 Å². The lowest BCUT2D eigenvalue weighted by atomic mass is 10.0. The van der Waals surface area contributed by atoms with Gasteiger partial charge in [0.15, 0.2) is 17.5 Å². The van der Waals surface area contributed by atoms with Crippen LogP contribution >= 0.6 is 0 Å². The smallest absolute Gasteiger partial charge is 0.308 e. The summed E-state index contributed by atoms with van der Waals surface area (Å²) in [7, 11) is 0. The molecule has 31 heavy (non-hydrogen) atoms. The van der Waals surface area contributed by atoms with Crippen molar-refractivity contribution in [3.05, 3.63) is 54.6 Å². The second-order valence-corrected chi connectivity index (χ2v) is 7.11. The van der Waals surface area contributed by atoms with Gasteiger partial charge in [-0.2, -0.15) is 0 Å². The van der Waals surface area contributed by atoms with E-state index < -0.39 is 29.6 Å². The second-order valence-electron chi connectivity index (χ2n) is 7.11. The van der Waals surface area contributed by atoms with Crippen LogP contribution in [-0.2, 0) is 4.79 Å². The molecule has 0 aliphatic heterocycles. The molecule has 2 unspecified atom stereocenters. The Labute approximate surface area is 175 Å². The molecule has 0 aliphatic rings. The summed E-state index contributed by atoms with van der Waals surface area (Å²) in [5, 5.41) is 12.5. The maximum absolute atomic E-state index is 15.3. The highest BCUT2D eigenvalue weighted by Crippen LogP contribution is 2.32. The van der Waals surface area contributed by atoms with Crippen LogP contribution in [-0.4, -0.2) is 42.0 Å². The van der Waals surface area contributed by atoms with Gasteiger partial charge in [0.2, 0.25) is 0 Å². The van der Waals surface area contributed by atoms with Gasteiger partial charge in [0.05, 0.1) is 12.1 Å². The van der Waals surface area contributed by atoms with Crippen LogP contribution in [0.25, 0.3) is 33.7 Å². The zero-order valence-electron chi connectivity index (χ0n) is 16.6. The third kappa shape index (κ3) is 3.91. The van der Waals surface area contributed by atoms with E-state index in [-0.39, 0.29) is 17.3 Å². The third-order valence-electron chi connectivity index (χ3n) is 5.05. The molecule has 4 rings (SSSR count). The van der Waals surface area contributed by atoms with E-state index in [1.165, 1.54) is 25.4 Å². The zero-order chi connectivity index (χ0) is 22.1. The van der Waals surface area contributed by atoms with Crippen molar-refractivity contribution in [1.29, 1.82) is 0 Å². The Bertz CT molecular complexity index is 1260. The summed E-state index contributed by atoms with van der Waals surface area (Å²) in [6.07, 6.45) is 5.65. The number of nitrogens with one attached hydrogen (secondary N) is 2. The highest BCUT2D eigenvalue weighted by Gasteiger charge is 2.24. The normalized spacial score (nSPS) is 13.2. The monoisotopic (exact) mass is 424 g/mol. The predicted molar refractivity (Wildman–Crippen MR) is 110 cm³/mol. The highest BCUT2D eigenvalue weighted by atomic mass is 19.1. The number of carboxylic acids is 1. The number of hydrogen-bond acceptors (Lipinski definition) is 6. The quantitative estimate of drug-likeness (QED) is 0.430. The lowest BCUT2D eigenvalue weighted by Crippen LogP contribution is -2.30. The molecule has 0 saturated heterocycles. The van der Waals surface area contributed by atoms with Gasteiger partial charge in [0.1, 0.15) is 17.2 Å². The van der Waals surface area contributed by atoms with Gasteiger partial charge < -0.3 is 15.4 Å². The van der Waals surface area contributed by atoms with Crippen molar-refractivity contribution >= 4 is 22.8 Å². The number of H-pyrrole nitrogens is 1. The molecule has 8 nitrogen and oxygen atoms in total. The Hall–Kier alpha value is -3.95. The summed E-state index contributed by atoms with van der Waals surface area (Å²) in [5.41, 5.74) is 1.32. The standard InChI is InChI=1S/C21H18F2N6O2/c1-10(21(30)31)11(2)27-20-16(23)17(12-3-5-24-6-4-12)28-19(29-20)15-9-26-18-14(15)7-13(22)8-25-18/h3-11H,1-2H3,(H,25,26)(H,30,31)(H,27,28,29). The van der Waals surface area contributed by atoms with Gasteiger partial charge in [0, 0.05) is 41.1 Å². The first kappa shape index (κ1) is 20.3. The minimum Gasteiger partial charge on any atom is -0.481 e. The van der Waals surface area contributed by atoms with Gasteiger partial charge in [-0.3, -0.25) is 9.78 Å². The van der Waals surface area contributed by atoms with E-state index in [0.29, 0.717) is 22.2 Å². The van der Waals surface area contributed by atoms with Crippen molar-refractivity contribution in [2.24, 2.45) is 5.92 Å². The van der Waals surface area contributed by atoms with E-state index in [2.05, 4.69) is 30.2 Å². The minimum atomic E-state index is -1.03. The molecular weight excluding hydrogens is 406 g/mol. The SMILES string of the molecule is CC(Nc1nc(-c2c[nH]c3ncc(F)cc23)nc(-c2ccncc2)c1F)C(C)C(=O)O. The number of hydrogen-bond donors (Lipinski definition) is 3. The van der Waals surface area contributed by atoms with Crippen molar-refractivity contribution in [2.75, 3.05) is 5.32 Å². The van der Waals surface area contributed by atoms with Crippen molar-refractivity contribution < 1.29 is 18.7 Å². The first-order valence-corrected chi connectivity index (χ1v) is 9.45. The average Bonchev–Trinajstić information content (AvgIpc) is 3.18. The van der Waals surface area contributed by atoms with Crippen LogP contribution in [0.2, 0.25) is 0 Å². The van der Waals surface area contributed by atoms with E-state index in [1.54, 1.807) is 25.3 Å². The first-order valence-electron chi connectivity index (χ1n) is 9.45. The number of fused-ring (bicyclic) bond motifs is 1. The molecule has 4 aromatic rings. The van der Waals surface area contributed by atoms with Crippen molar-refractivity contribution in [1.82, 2.24) is 24.9 Å². The molecule has 0 bridgehead atoms. The summed E-state index contributed by atoms with van der Waals surface area (Å²) in [4.78, 5) is 30.8. The Morgan fingerprint density at radius 3 is 2.65 bits per heavy atom. The van der Waals surface area contributed by atoms with E-state index in [4.69, 9.17) is 0 Å². The lowest BCUT2D eigenvalue weighted by molar-refractivity contribution is -0.141. The minimum absolute atomic E-state index is 0.00351. The number of carbonyl (C=O) groups is 1. The molecule has 0 aliphatic carbocycles. The van der Waals surface area contributed by atoms with Gasteiger partial charge in [-0.15, -0.1) is 0 Å². The number of carboxylic acid groups (broad SMARTS) is 1. The number of anilines is 1. The van der Waals surface area contributed by atoms with Crippen molar-refractivity contribution in [3.8, 4) is 22.6 Å². The fraction of sp³-hybridized carbons (Fsp3) is 0.190. The number of rotatable bonds is 6. The summed E-state index contributed by atoms with van der Waals surface area (Å²) < 4.78 is 29.1. The number of halogens is 2. The maximum Gasteiger partial charge on any atom is 0.308 e. The van der Waals surface area contributed by atoms with E-state index >= 15 is 4.39 Å². The van der Waals surface area contributed by atoms with Crippen molar-refractivity contribution in [2.45, 2.75) is 19.9 Å². The Morgan fingerprint density at radius 1 is 1.19 bits per heavy atom. The average molecular weight is 424 g/mol. The number of aromatic nitrogens is 5. The Morgan fingerprint density at radius 2 is 1.94 bits per heavy atom.